The number of rotatable bonds is 2. The smallest absolute Gasteiger partial charge is 0.186 e. The summed E-state index contributed by atoms with van der Waals surface area (Å²) in [6.07, 6.45) is 2.18. The van der Waals surface area contributed by atoms with E-state index in [0.29, 0.717) is 17.5 Å². The zero-order valence-corrected chi connectivity index (χ0v) is 6.77. The average Bonchev–Trinajstić information content (AvgIpc) is 2.20. The molecule has 0 fully saturated rings. The van der Waals surface area contributed by atoms with Gasteiger partial charge in [-0.15, -0.1) is 0 Å². The van der Waals surface area contributed by atoms with Gasteiger partial charge in [0.2, 0.25) is 0 Å². The zero-order valence-electron chi connectivity index (χ0n) is 6.77. The van der Waals surface area contributed by atoms with Crippen molar-refractivity contribution in [3.63, 3.8) is 0 Å². The fourth-order valence-corrected chi connectivity index (χ4v) is 0.877. The van der Waals surface area contributed by atoms with E-state index in [4.69, 9.17) is 11.7 Å². The van der Waals surface area contributed by atoms with E-state index < -0.39 is 0 Å². The van der Waals surface area contributed by atoms with Crippen molar-refractivity contribution in [1.29, 1.82) is 0 Å². The third-order valence-electron chi connectivity index (χ3n) is 1.46. The van der Waals surface area contributed by atoms with E-state index in [1.165, 1.54) is 6.20 Å². The van der Waals surface area contributed by atoms with Crippen LogP contribution in [0.3, 0.4) is 0 Å². The Labute approximate surface area is 74.6 Å². The number of hydrogen-bond acceptors (Lipinski definition) is 5. The van der Waals surface area contributed by atoms with Gasteiger partial charge in [0.05, 0.1) is 0 Å². The molecule has 68 valence electrons. The third kappa shape index (κ3) is 1.79. The number of hydrazone groups is 1. The lowest BCUT2D eigenvalue weighted by Crippen LogP contribution is -2.33. The van der Waals surface area contributed by atoms with Crippen LogP contribution < -0.4 is 17.1 Å². The monoisotopic (exact) mass is 179 g/mol. The van der Waals surface area contributed by atoms with E-state index in [0.717, 1.165) is 0 Å². The standard InChI is InChI=1S/C7H9N5O/c8-11-7(12-9)6-5(4-13)2-1-3-10-6/h1-4H,8-9H2,(H,11,12). The number of aromatic nitrogens is 1. The number of carbonyl (C=O) groups excluding carboxylic acids is 1. The van der Waals surface area contributed by atoms with Crippen molar-refractivity contribution < 1.29 is 4.79 Å². The molecule has 0 aliphatic carbocycles. The SMILES string of the molecule is N/N=C(\NN)c1ncccc1C=O. The molecule has 13 heavy (non-hydrogen) atoms. The molecule has 0 saturated carbocycles. The number of nitrogens with one attached hydrogen (secondary N) is 1. The van der Waals surface area contributed by atoms with Crippen LogP contribution in [0.2, 0.25) is 0 Å². The molecule has 0 amide bonds. The normalized spacial score (nSPS) is 11.0. The van der Waals surface area contributed by atoms with Crippen LogP contribution in [-0.4, -0.2) is 17.1 Å². The lowest BCUT2D eigenvalue weighted by Gasteiger charge is -2.04. The van der Waals surface area contributed by atoms with Gasteiger partial charge >= 0.3 is 0 Å². The molecule has 1 aromatic rings. The Morgan fingerprint density at radius 1 is 1.69 bits per heavy atom. The summed E-state index contributed by atoms with van der Waals surface area (Å²) in [7, 11) is 0. The van der Waals surface area contributed by atoms with E-state index in [1.54, 1.807) is 12.1 Å². The molecule has 0 radical (unpaired) electrons. The number of nitrogens with zero attached hydrogens (tertiary/aromatic N) is 2. The van der Waals surface area contributed by atoms with Crippen LogP contribution in [0, 0.1) is 0 Å². The third-order valence-corrected chi connectivity index (χ3v) is 1.46. The maximum atomic E-state index is 10.6. The molecule has 0 unspecified atom stereocenters. The second-order valence-corrected chi connectivity index (χ2v) is 2.18. The van der Waals surface area contributed by atoms with Crippen molar-refractivity contribution in [2.45, 2.75) is 0 Å². The van der Waals surface area contributed by atoms with E-state index in [1.807, 2.05) is 0 Å². The molecule has 0 aromatic carbocycles. The predicted octanol–water partition coefficient (Wildman–Crippen LogP) is -1.02. The van der Waals surface area contributed by atoms with Crippen LogP contribution in [0.1, 0.15) is 16.1 Å². The molecular weight excluding hydrogens is 170 g/mol. The topological polar surface area (TPSA) is 106 Å². The molecule has 6 nitrogen and oxygen atoms in total. The minimum Gasteiger partial charge on any atom is -0.321 e. The summed E-state index contributed by atoms with van der Waals surface area (Å²) in [5.41, 5.74) is 2.96. The fourth-order valence-electron chi connectivity index (χ4n) is 0.877. The van der Waals surface area contributed by atoms with Gasteiger partial charge in [0, 0.05) is 11.8 Å². The van der Waals surface area contributed by atoms with Gasteiger partial charge in [0.15, 0.2) is 12.1 Å². The number of nitrogens with two attached hydrogens (primary N) is 2. The summed E-state index contributed by atoms with van der Waals surface area (Å²) >= 11 is 0. The molecular formula is C7H9N5O. The Morgan fingerprint density at radius 2 is 2.46 bits per heavy atom. The maximum Gasteiger partial charge on any atom is 0.186 e. The summed E-state index contributed by atoms with van der Waals surface area (Å²) < 4.78 is 0. The lowest BCUT2D eigenvalue weighted by atomic mass is 10.2. The van der Waals surface area contributed by atoms with Crippen LogP contribution in [0.5, 0.6) is 0 Å². The molecule has 0 aliphatic heterocycles. The highest BCUT2D eigenvalue weighted by Gasteiger charge is 2.07. The quantitative estimate of drug-likeness (QED) is 0.177. The highest BCUT2D eigenvalue weighted by molar-refractivity contribution is 6.02. The number of carbonyl (C=O) groups is 1. The summed E-state index contributed by atoms with van der Waals surface area (Å²) in [6.45, 7) is 0. The second kappa shape index (κ2) is 4.17. The number of pyridine rings is 1. The Bertz CT molecular complexity index is 335. The van der Waals surface area contributed by atoms with Gasteiger partial charge < -0.3 is 11.3 Å². The first kappa shape index (κ1) is 9.14. The highest BCUT2D eigenvalue weighted by atomic mass is 16.1. The Hall–Kier alpha value is -1.95. The van der Waals surface area contributed by atoms with Crippen molar-refractivity contribution >= 4 is 12.1 Å². The Kier molecular flexibility index (Phi) is 2.93. The average molecular weight is 179 g/mol. The molecule has 5 N–H and O–H groups in total. The Balaban J connectivity index is 3.19. The van der Waals surface area contributed by atoms with Crippen LogP contribution in [0.15, 0.2) is 23.4 Å². The van der Waals surface area contributed by atoms with Crippen molar-refractivity contribution in [3.8, 4) is 0 Å². The van der Waals surface area contributed by atoms with Crippen molar-refractivity contribution in [3.05, 3.63) is 29.6 Å². The highest BCUT2D eigenvalue weighted by Crippen LogP contribution is 2.01. The minimum absolute atomic E-state index is 0.169. The molecule has 1 heterocycles. The lowest BCUT2D eigenvalue weighted by molar-refractivity contribution is 0.112. The summed E-state index contributed by atoms with van der Waals surface area (Å²) in [4.78, 5) is 14.5. The molecule has 0 saturated heterocycles. The van der Waals surface area contributed by atoms with Crippen LogP contribution >= 0.6 is 0 Å². The molecule has 1 aromatic heterocycles. The van der Waals surface area contributed by atoms with Crippen LogP contribution in [0.25, 0.3) is 0 Å². The number of hydrazine groups is 1. The van der Waals surface area contributed by atoms with Gasteiger partial charge in [-0.1, -0.05) is 0 Å². The van der Waals surface area contributed by atoms with Gasteiger partial charge in [0.1, 0.15) is 5.69 Å². The fraction of sp³-hybridized carbons (Fsp3) is 0. The number of amidine groups is 1. The molecule has 0 atom stereocenters. The van der Waals surface area contributed by atoms with Gasteiger partial charge in [0.25, 0.3) is 0 Å². The first-order chi connectivity index (χ1) is 6.33. The van der Waals surface area contributed by atoms with Crippen molar-refractivity contribution in [1.82, 2.24) is 10.4 Å². The minimum atomic E-state index is 0.169. The molecule has 0 bridgehead atoms. The second-order valence-electron chi connectivity index (χ2n) is 2.18. The van der Waals surface area contributed by atoms with Crippen molar-refractivity contribution in [2.75, 3.05) is 0 Å². The molecule has 1 rings (SSSR count). The first-order valence-electron chi connectivity index (χ1n) is 3.48. The Morgan fingerprint density at radius 3 is 3.00 bits per heavy atom. The van der Waals surface area contributed by atoms with E-state index in [9.17, 15) is 4.79 Å². The van der Waals surface area contributed by atoms with Gasteiger partial charge in [-0.25, -0.2) is 5.84 Å². The predicted molar refractivity (Wildman–Crippen MR) is 47.7 cm³/mol. The van der Waals surface area contributed by atoms with Crippen LogP contribution in [0.4, 0.5) is 0 Å². The van der Waals surface area contributed by atoms with Crippen molar-refractivity contribution in [2.24, 2.45) is 16.8 Å². The van der Waals surface area contributed by atoms with Crippen LogP contribution in [-0.2, 0) is 0 Å². The van der Waals surface area contributed by atoms with Gasteiger partial charge in [-0.2, -0.15) is 5.10 Å². The van der Waals surface area contributed by atoms with E-state index in [2.05, 4.69) is 15.5 Å². The molecule has 0 aliphatic rings. The zero-order chi connectivity index (χ0) is 9.68. The number of hydrogen-bond donors (Lipinski definition) is 3. The first-order valence-corrected chi connectivity index (χ1v) is 3.48. The van der Waals surface area contributed by atoms with E-state index >= 15 is 0 Å². The largest absolute Gasteiger partial charge is 0.321 e. The summed E-state index contributed by atoms with van der Waals surface area (Å²) in [6, 6.07) is 3.23. The number of aldehydes is 1. The van der Waals surface area contributed by atoms with Gasteiger partial charge in [-0.05, 0) is 12.1 Å². The summed E-state index contributed by atoms with van der Waals surface area (Å²) in [5.74, 6) is 10.3. The molecule has 0 spiro atoms. The summed E-state index contributed by atoms with van der Waals surface area (Å²) in [5, 5.41) is 3.34. The van der Waals surface area contributed by atoms with E-state index in [-0.39, 0.29) is 5.84 Å². The van der Waals surface area contributed by atoms with Gasteiger partial charge in [-0.3, -0.25) is 9.78 Å². The molecule has 6 heteroatoms. The maximum absolute atomic E-state index is 10.6.